The molecule has 0 aliphatic carbocycles. The quantitative estimate of drug-likeness (QED) is 0.615. The van der Waals surface area contributed by atoms with E-state index in [0.29, 0.717) is 6.61 Å². The Labute approximate surface area is 145 Å². The fraction of sp³-hybridized carbons (Fsp3) is 0.350. The average Bonchev–Trinajstić information content (AvgIpc) is 2.96. The summed E-state index contributed by atoms with van der Waals surface area (Å²) >= 11 is 0. The zero-order valence-electron chi connectivity index (χ0n) is 15.2. The molecule has 2 heterocycles. The summed E-state index contributed by atoms with van der Waals surface area (Å²) in [5.74, 6) is 0. The van der Waals surface area contributed by atoms with Crippen molar-refractivity contribution in [3.05, 3.63) is 54.2 Å². The monoisotopic (exact) mass is 338 g/mol. The van der Waals surface area contributed by atoms with Gasteiger partial charge in [-0.3, -0.25) is 4.98 Å². The third-order valence-electron chi connectivity index (χ3n) is 5.04. The van der Waals surface area contributed by atoms with Crippen LogP contribution in [0.2, 0.25) is 18.1 Å². The Bertz CT molecular complexity index is 796. The summed E-state index contributed by atoms with van der Waals surface area (Å²) in [5, 5.41) is 1.43. The van der Waals surface area contributed by atoms with Crippen LogP contribution in [0.3, 0.4) is 0 Å². The number of H-pyrrole nitrogens is 1. The number of rotatable bonds is 4. The standard InChI is InChI=1S/C20H26N2OSi/c1-20(2,3)24(4,5)23-14-15-10-11-18(21-13-15)19-12-16-8-6-7-9-17(16)22-19/h6-13,22H,14H2,1-5H3. The van der Waals surface area contributed by atoms with Gasteiger partial charge in [0.15, 0.2) is 8.32 Å². The molecule has 4 heteroatoms. The SMILES string of the molecule is CC(C)(C)[Si](C)(C)OCc1ccc(-c2cc3ccccc3[nH]2)nc1. The lowest BCUT2D eigenvalue weighted by atomic mass is 10.2. The first-order chi connectivity index (χ1) is 11.3. The van der Waals surface area contributed by atoms with Crippen molar-refractivity contribution in [2.45, 2.75) is 45.5 Å². The van der Waals surface area contributed by atoms with Gasteiger partial charge in [0.05, 0.1) is 18.0 Å². The molecule has 0 fully saturated rings. The summed E-state index contributed by atoms with van der Waals surface area (Å²) in [6.45, 7) is 12.0. The molecule has 3 aromatic rings. The number of para-hydroxylation sites is 1. The van der Waals surface area contributed by atoms with Crippen molar-refractivity contribution in [1.29, 1.82) is 0 Å². The number of hydrogen-bond acceptors (Lipinski definition) is 2. The molecule has 0 atom stereocenters. The van der Waals surface area contributed by atoms with Crippen LogP contribution >= 0.6 is 0 Å². The van der Waals surface area contributed by atoms with Gasteiger partial charge in [-0.05, 0) is 41.9 Å². The highest BCUT2D eigenvalue weighted by Gasteiger charge is 2.36. The maximum atomic E-state index is 6.26. The van der Waals surface area contributed by atoms with Crippen LogP contribution in [0.15, 0.2) is 48.7 Å². The fourth-order valence-corrected chi connectivity index (χ4v) is 3.32. The van der Waals surface area contributed by atoms with E-state index in [0.717, 1.165) is 22.5 Å². The molecular formula is C20H26N2OSi. The van der Waals surface area contributed by atoms with Gasteiger partial charge in [-0.2, -0.15) is 0 Å². The number of fused-ring (bicyclic) bond motifs is 1. The molecule has 0 aliphatic rings. The van der Waals surface area contributed by atoms with Crippen LogP contribution in [0.1, 0.15) is 26.3 Å². The number of nitrogens with zero attached hydrogens (tertiary/aromatic N) is 1. The van der Waals surface area contributed by atoms with Gasteiger partial charge in [-0.25, -0.2) is 0 Å². The molecule has 1 N–H and O–H groups in total. The molecule has 2 aromatic heterocycles. The van der Waals surface area contributed by atoms with Gasteiger partial charge in [0.1, 0.15) is 0 Å². The highest BCUT2D eigenvalue weighted by Crippen LogP contribution is 2.37. The predicted molar refractivity (Wildman–Crippen MR) is 104 cm³/mol. The zero-order valence-corrected chi connectivity index (χ0v) is 16.2. The zero-order chi connectivity index (χ0) is 17.4. The second kappa shape index (κ2) is 6.19. The maximum Gasteiger partial charge on any atom is 0.192 e. The normalized spacial score (nSPS) is 12.7. The van der Waals surface area contributed by atoms with Crippen LogP contribution in [0, 0.1) is 0 Å². The molecule has 0 saturated heterocycles. The summed E-state index contributed by atoms with van der Waals surface area (Å²) in [6, 6.07) is 14.6. The van der Waals surface area contributed by atoms with E-state index in [2.05, 4.69) is 80.2 Å². The topological polar surface area (TPSA) is 37.9 Å². The molecule has 0 amide bonds. The van der Waals surface area contributed by atoms with Crippen molar-refractivity contribution in [2.75, 3.05) is 0 Å². The molecule has 24 heavy (non-hydrogen) atoms. The van der Waals surface area contributed by atoms with E-state index in [1.807, 2.05) is 12.3 Å². The Morgan fingerprint density at radius 1 is 1.08 bits per heavy atom. The number of aromatic amines is 1. The van der Waals surface area contributed by atoms with E-state index in [1.54, 1.807) is 0 Å². The average molecular weight is 339 g/mol. The number of benzene rings is 1. The minimum atomic E-state index is -1.72. The first kappa shape index (κ1) is 16.9. The summed E-state index contributed by atoms with van der Waals surface area (Å²) in [7, 11) is -1.72. The van der Waals surface area contributed by atoms with Gasteiger partial charge in [0, 0.05) is 17.1 Å². The van der Waals surface area contributed by atoms with Crippen LogP contribution in [-0.4, -0.2) is 18.3 Å². The molecule has 0 spiro atoms. The van der Waals surface area contributed by atoms with Crippen LogP contribution in [-0.2, 0) is 11.0 Å². The summed E-state index contributed by atoms with van der Waals surface area (Å²) in [4.78, 5) is 8.03. The van der Waals surface area contributed by atoms with Crippen molar-refractivity contribution in [1.82, 2.24) is 9.97 Å². The summed E-state index contributed by atoms with van der Waals surface area (Å²) in [6.07, 6.45) is 1.92. The van der Waals surface area contributed by atoms with Crippen LogP contribution in [0.5, 0.6) is 0 Å². The van der Waals surface area contributed by atoms with Crippen molar-refractivity contribution >= 4 is 19.2 Å². The van der Waals surface area contributed by atoms with Crippen molar-refractivity contribution in [3.63, 3.8) is 0 Å². The van der Waals surface area contributed by atoms with Crippen LogP contribution in [0.25, 0.3) is 22.3 Å². The van der Waals surface area contributed by atoms with Gasteiger partial charge in [0.25, 0.3) is 0 Å². The smallest absolute Gasteiger partial charge is 0.192 e. The lowest BCUT2D eigenvalue weighted by Gasteiger charge is -2.36. The highest BCUT2D eigenvalue weighted by molar-refractivity contribution is 6.74. The molecular weight excluding hydrogens is 312 g/mol. The lowest BCUT2D eigenvalue weighted by Crippen LogP contribution is -2.40. The van der Waals surface area contributed by atoms with Gasteiger partial charge >= 0.3 is 0 Å². The number of pyridine rings is 1. The number of hydrogen-bond donors (Lipinski definition) is 1. The van der Waals surface area contributed by atoms with E-state index < -0.39 is 8.32 Å². The van der Waals surface area contributed by atoms with E-state index in [-0.39, 0.29) is 5.04 Å². The third-order valence-corrected chi connectivity index (χ3v) is 9.51. The van der Waals surface area contributed by atoms with Crippen molar-refractivity contribution in [3.8, 4) is 11.4 Å². The lowest BCUT2D eigenvalue weighted by molar-refractivity contribution is 0.276. The van der Waals surface area contributed by atoms with E-state index in [9.17, 15) is 0 Å². The third kappa shape index (κ3) is 3.45. The van der Waals surface area contributed by atoms with Gasteiger partial charge in [-0.15, -0.1) is 0 Å². The molecule has 0 saturated carbocycles. The summed E-state index contributed by atoms with van der Waals surface area (Å²) in [5.41, 5.74) is 4.27. The van der Waals surface area contributed by atoms with Gasteiger partial charge < -0.3 is 9.41 Å². The Hall–Kier alpha value is -1.91. The highest BCUT2D eigenvalue weighted by atomic mass is 28.4. The Morgan fingerprint density at radius 3 is 2.46 bits per heavy atom. The minimum Gasteiger partial charge on any atom is -0.413 e. The second-order valence-electron chi connectivity index (χ2n) is 7.87. The first-order valence-electron chi connectivity index (χ1n) is 8.43. The molecule has 0 unspecified atom stereocenters. The molecule has 0 radical (unpaired) electrons. The van der Waals surface area contributed by atoms with Gasteiger partial charge in [0.2, 0.25) is 0 Å². The first-order valence-corrected chi connectivity index (χ1v) is 11.3. The van der Waals surface area contributed by atoms with Crippen LogP contribution < -0.4 is 0 Å². The van der Waals surface area contributed by atoms with E-state index >= 15 is 0 Å². The van der Waals surface area contributed by atoms with E-state index in [4.69, 9.17) is 4.43 Å². The Balaban J connectivity index is 1.74. The molecule has 3 rings (SSSR count). The van der Waals surface area contributed by atoms with E-state index in [1.165, 1.54) is 5.39 Å². The molecule has 0 aliphatic heterocycles. The number of aromatic nitrogens is 2. The summed E-state index contributed by atoms with van der Waals surface area (Å²) < 4.78 is 6.26. The van der Waals surface area contributed by atoms with Crippen molar-refractivity contribution in [2.24, 2.45) is 0 Å². The van der Waals surface area contributed by atoms with Crippen LogP contribution in [0.4, 0.5) is 0 Å². The Kier molecular flexibility index (Phi) is 4.36. The largest absolute Gasteiger partial charge is 0.413 e. The molecule has 1 aromatic carbocycles. The molecule has 3 nitrogen and oxygen atoms in total. The minimum absolute atomic E-state index is 0.227. The van der Waals surface area contributed by atoms with Crippen molar-refractivity contribution < 1.29 is 4.43 Å². The predicted octanol–water partition coefficient (Wildman–Crippen LogP) is 5.75. The molecule has 0 bridgehead atoms. The second-order valence-corrected chi connectivity index (χ2v) is 12.7. The van der Waals surface area contributed by atoms with Gasteiger partial charge in [-0.1, -0.05) is 45.0 Å². The number of nitrogens with one attached hydrogen (secondary N) is 1. The molecule has 126 valence electrons. The Morgan fingerprint density at radius 2 is 1.83 bits per heavy atom. The maximum absolute atomic E-state index is 6.26. The fourth-order valence-electron chi connectivity index (χ4n) is 2.36.